The van der Waals surface area contributed by atoms with Crippen molar-refractivity contribution in [2.24, 2.45) is 5.41 Å². The lowest BCUT2D eigenvalue weighted by atomic mass is 9.87. The third-order valence-electron chi connectivity index (χ3n) is 3.75. The molecule has 18 heavy (non-hydrogen) atoms. The fourth-order valence-electron chi connectivity index (χ4n) is 2.53. The molecule has 98 valence electrons. The zero-order chi connectivity index (χ0) is 13.2. The standard InChI is InChI=1S/C14H20N2O2/c1-14(2)7-4-5-12(14)16-10-6-8-15-11(9-10)13(17)18-3/h6,8-9,12H,4-5,7H2,1-3H3,(H,15,16). The Labute approximate surface area is 108 Å². The number of nitrogens with zero attached hydrogens (tertiary/aromatic N) is 1. The average Bonchev–Trinajstić information content (AvgIpc) is 2.68. The maximum Gasteiger partial charge on any atom is 0.356 e. The summed E-state index contributed by atoms with van der Waals surface area (Å²) in [7, 11) is 1.37. The molecular weight excluding hydrogens is 228 g/mol. The van der Waals surface area contributed by atoms with E-state index in [1.165, 1.54) is 26.4 Å². The summed E-state index contributed by atoms with van der Waals surface area (Å²) in [5.74, 6) is -0.399. The van der Waals surface area contributed by atoms with Crippen LogP contribution >= 0.6 is 0 Å². The van der Waals surface area contributed by atoms with Crippen LogP contribution in [0.25, 0.3) is 0 Å². The highest BCUT2D eigenvalue weighted by molar-refractivity contribution is 5.88. The number of nitrogens with one attached hydrogen (secondary N) is 1. The highest BCUT2D eigenvalue weighted by Crippen LogP contribution is 2.38. The topological polar surface area (TPSA) is 51.2 Å². The highest BCUT2D eigenvalue weighted by Gasteiger charge is 2.34. The minimum Gasteiger partial charge on any atom is -0.464 e. The van der Waals surface area contributed by atoms with Crippen LogP contribution in [0.3, 0.4) is 0 Å². The largest absolute Gasteiger partial charge is 0.464 e. The third kappa shape index (κ3) is 2.63. The van der Waals surface area contributed by atoms with Crippen molar-refractivity contribution in [3.05, 3.63) is 24.0 Å². The zero-order valence-corrected chi connectivity index (χ0v) is 11.2. The lowest BCUT2D eigenvalue weighted by Crippen LogP contribution is -2.30. The maximum absolute atomic E-state index is 11.4. The SMILES string of the molecule is COC(=O)c1cc(NC2CCCC2(C)C)ccn1. The first-order valence-electron chi connectivity index (χ1n) is 6.34. The minimum absolute atomic E-state index is 0.300. The van der Waals surface area contributed by atoms with Gasteiger partial charge in [-0.1, -0.05) is 20.3 Å². The molecule has 2 rings (SSSR count). The Morgan fingerprint density at radius 3 is 2.94 bits per heavy atom. The summed E-state index contributed by atoms with van der Waals surface area (Å²) >= 11 is 0. The summed E-state index contributed by atoms with van der Waals surface area (Å²) < 4.78 is 4.67. The van der Waals surface area contributed by atoms with Gasteiger partial charge in [-0.2, -0.15) is 0 Å². The number of rotatable bonds is 3. The van der Waals surface area contributed by atoms with Crippen molar-refractivity contribution in [3.63, 3.8) is 0 Å². The van der Waals surface area contributed by atoms with E-state index >= 15 is 0 Å². The Balaban J connectivity index is 2.12. The molecule has 0 radical (unpaired) electrons. The third-order valence-corrected chi connectivity index (χ3v) is 3.75. The van der Waals surface area contributed by atoms with Gasteiger partial charge >= 0.3 is 5.97 Å². The molecule has 1 unspecified atom stereocenters. The highest BCUT2D eigenvalue weighted by atomic mass is 16.5. The zero-order valence-electron chi connectivity index (χ0n) is 11.2. The molecule has 1 atom stereocenters. The number of methoxy groups -OCH3 is 1. The Morgan fingerprint density at radius 2 is 2.33 bits per heavy atom. The molecule has 1 saturated carbocycles. The van der Waals surface area contributed by atoms with Gasteiger partial charge in [0.25, 0.3) is 0 Å². The molecule has 0 aliphatic heterocycles. The first kappa shape index (κ1) is 12.9. The quantitative estimate of drug-likeness (QED) is 0.836. The molecule has 0 spiro atoms. The predicted molar refractivity (Wildman–Crippen MR) is 70.6 cm³/mol. The molecule has 4 heteroatoms. The van der Waals surface area contributed by atoms with E-state index in [0.29, 0.717) is 17.2 Å². The fourth-order valence-corrected chi connectivity index (χ4v) is 2.53. The predicted octanol–water partition coefficient (Wildman–Crippen LogP) is 2.86. The summed E-state index contributed by atoms with van der Waals surface area (Å²) in [4.78, 5) is 15.4. The van der Waals surface area contributed by atoms with Gasteiger partial charge in [0, 0.05) is 17.9 Å². The molecule has 1 aromatic rings. The van der Waals surface area contributed by atoms with Gasteiger partial charge in [-0.15, -0.1) is 0 Å². The van der Waals surface area contributed by atoms with Crippen molar-refractivity contribution in [2.45, 2.75) is 39.2 Å². The van der Waals surface area contributed by atoms with Crippen LogP contribution < -0.4 is 5.32 Å². The Kier molecular flexibility index (Phi) is 3.55. The van der Waals surface area contributed by atoms with Gasteiger partial charge in [-0.05, 0) is 30.4 Å². The van der Waals surface area contributed by atoms with Gasteiger partial charge in [0.15, 0.2) is 0 Å². The van der Waals surface area contributed by atoms with Crippen molar-refractivity contribution in [1.29, 1.82) is 0 Å². The van der Waals surface area contributed by atoms with E-state index in [0.717, 1.165) is 5.69 Å². The average molecular weight is 248 g/mol. The van der Waals surface area contributed by atoms with Crippen LogP contribution in [0.1, 0.15) is 43.6 Å². The number of hydrogen-bond acceptors (Lipinski definition) is 4. The molecule has 0 bridgehead atoms. The van der Waals surface area contributed by atoms with Crippen LogP contribution in [0.15, 0.2) is 18.3 Å². The lowest BCUT2D eigenvalue weighted by Gasteiger charge is -2.28. The van der Waals surface area contributed by atoms with Gasteiger partial charge in [0.2, 0.25) is 0 Å². The number of ether oxygens (including phenoxy) is 1. The molecule has 0 amide bonds. The molecule has 4 nitrogen and oxygen atoms in total. The number of pyridine rings is 1. The Hall–Kier alpha value is -1.58. The van der Waals surface area contributed by atoms with Crippen molar-refractivity contribution in [2.75, 3.05) is 12.4 Å². The summed E-state index contributed by atoms with van der Waals surface area (Å²) in [6.45, 7) is 4.56. The number of anilines is 1. The normalized spacial score (nSPS) is 21.6. The van der Waals surface area contributed by atoms with Crippen LogP contribution in [-0.4, -0.2) is 24.1 Å². The number of carbonyl (C=O) groups is 1. The fraction of sp³-hybridized carbons (Fsp3) is 0.571. The summed E-state index contributed by atoms with van der Waals surface area (Å²) in [6, 6.07) is 4.09. The summed E-state index contributed by atoms with van der Waals surface area (Å²) in [6.07, 6.45) is 5.29. The first-order valence-corrected chi connectivity index (χ1v) is 6.34. The van der Waals surface area contributed by atoms with Crippen LogP contribution in [0, 0.1) is 5.41 Å². The van der Waals surface area contributed by atoms with Crippen molar-refractivity contribution in [1.82, 2.24) is 4.98 Å². The smallest absolute Gasteiger partial charge is 0.356 e. The molecular formula is C14H20N2O2. The van der Waals surface area contributed by atoms with Crippen molar-refractivity contribution < 1.29 is 9.53 Å². The van der Waals surface area contributed by atoms with E-state index < -0.39 is 5.97 Å². The molecule has 1 fully saturated rings. The van der Waals surface area contributed by atoms with Gasteiger partial charge in [-0.25, -0.2) is 9.78 Å². The second-order valence-electron chi connectivity index (χ2n) is 5.50. The Bertz CT molecular complexity index is 443. The second kappa shape index (κ2) is 4.96. The van der Waals surface area contributed by atoms with E-state index in [4.69, 9.17) is 0 Å². The first-order chi connectivity index (χ1) is 8.53. The van der Waals surface area contributed by atoms with Crippen molar-refractivity contribution >= 4 is 11.7 Å². The van der Waals surface area contributed by atoms with Crippen LogP contribution in [0.5, 0.6) is 0 Å². The maximum atomic E-state index is 11.4. The number of carbonyl (C=O) groups excluding carboxylic acids is 1. The Morgan fingerprint density at radius 1 is 1.56 bits per heavy atom. The number of esters is 1. The van der Waals surface area contributed by atoms with Gasteiger partial charge in [-0.3, -0.25) is 0 Å². The minimum atomic E-state index is -0.399. The lowest BCUT2D eigenvalue weighted by molar-refractivity contribution is 0.0594. The van der Waals surface area contributed by atoms with E-state index in [-0.39, 0.29) is 0 Å². The van der Waals surface area contributed by atoms with Gasteiger partial charge in [0.05, 0.1) is 7.11 Å². The van der Waals surface area contributed by atoms with E-state index in [9.17, 15) is 4.79 Å². The molecule has 0 saturated heterocycles. The molecule has 1 aliphatic rings. The summed E-state index contributed by atoms with van der Waals surface area (Å²) in [5.41, 5.74) is 1.58. The van der Waals surface area contributed by atoms with E-state index in [1.54, 1.807) is 12.3 Å². The van der Waals surface area contributed by atoms with E-state index in [2.05, 4.69) is 28.9 Å². The molecule has 1 N–H and O–H groups in total. The number of hydrogen-bond donors (Lipinski definition) is 1. The molecule has 1 heterocycles. The van der Waals surface area contributed by atoms with Gasteiger partial charge < -0.3 is 10.1 Å². The van der Waals surface area contributed by atoms with Crippen molar-refractivity contribution in [3.8, 4) is 0 Å². The van der Waals surface area contributed by atoms with E-state index in [1.807, 2.05) is 6.07 Å². The van der Waals surface area contributed by atoms with Crippen LogP contribution in [-0.2, 0) is 4.74 Å². The summed E-state index contributed by atoms with van der Waals surface area (Å²) in [5, 5.41) is 3.50. The van der Waals surface area contributed by atoms with Crippen LogP contribution in [0.2, 0.25) is 0 Å². The second-order valence-corrected chi connectivity index (χ2v) is 5.50. The molecule has 1 aromatic heterocycles. The van der Waals surface area contributed by atoms with Crippen LogP contribution in [0.4, 0.5) is 5.69 Å². The molecule has 0 aromatic carbocycles. The van der Waals surface area contributed by atoms with Gasteiger partial charge in [0.1, 0.15) is 5.69 Å². The monoisotopic (exact) mass is 248 g/mol. The number of aromatic nitrogens is 1. The molecule has 1 aliphatic carbocycles.